The molecule has 0 spiro atoms. The third kappa shape index (κ3) is 8.70. The molecule has 2 nitrogen and oxygen atoms in total. The molecule has 2 unspecified atom stereocenters. The second kappa shape index (κ2) is 13.1. The van der Waals surface area contributed by atoms with Crippen molar-refractivity contribution in [1.29, 1.82) is 0 Å². The predicted molar refractivity (Wildman–Crippen MR) is 138 cm³/mol. The number of methoxy groups -OCH3 is 1. The summed E-state index contributed by atoms with van der Waals surface area (Å²) in [5, 5.41) is 3.76. The first-order chi connectivity index (χ1) is 14.9. The van der Waals surface area contributed by atoms with Crippen molar-refractivity contribution in [2.75, 3.05) is 7.11 Å². The van der Waals surface area contributed by atoms with Gasteiger partial charge in [0.25, 0.3) is 0 Å². The fraction of sp³-hybridized carbons (Fsp3) is 0.357. The molecular formula is C28H37NOS. The summed E-state index contributed by atoms with van der Waals surface area (Å²) in [7, 11) is 1.70. The molecule has 0 aliphatic rings. The first-order valence-corrected chi connectivity index (χ1v) is 11.6. The Hall–Kier alpha value is -2.39. The molecule has 0 saturated heterocycles. The highest BCUT2D eigenvalue weighted by Gasteiger charge is 2.11. The summed E-state index contributed by atoms with van der Waals surface area (Å²) in [6.45, 7) is 12.5. The van der Waals surface area contributed by atoms with Crippen LogP contribution in [-0.2, 0) is 6.42 Å². The van der Waals surface area contributed by atoms with Gasteiger partial charge in [-0.25, -0.2) is 0 Å². The van der Waals surface area contributed by atoms with Crippen LogP contribution in [0.2, 0.25) is 0 Å². The minimum absolute atomic E-state index is 0.139. The van der Waals surface area contributed by atoms with Crippen molar-refractivity contribution < 1.29 is 4.74 Å². The lowest BCUT2D eigenvalue weighted by Gasteiger charge is -2.18. The number of benzene rings is 2. The molecule has 31 heavy (non-hydrogen) atoms. The van der Waals surface area contributed by atoms with Crippen LogP contribution in [0.4, 0.5) is 0 Å². The van der Waals surface area contributed by atoms with Gasteiger partial charge in [-0.2, -0.15) is 12.6 Å². The Morgan fingerprint density at radius 2 is 1.94 bits per heavy atom. The summed E-state index contributed by atoms with van der Waals surface area (Å²) in [6, 6.07) is 17.0. The summed E-state index contributed by atoms with van der Waals surface area (Å²) < 4.78 is 5.35. The molecule has 0 heterocycles. The summed E-state index contributed by atoms with van der Waals surface area (Å²) >= 11 is 4.78. The molecular weight excluding hydrogens is 398 g/mol. The van der Waals surface area contributed by atoms with E-state index in [1.165, 1.54) is 11.1 Å². The van der Waals surface area contributed by atoms with Crippen molar-refractivity contribution >= 4 is 12.6 Å². The zero-order valence-electron chi connectivity index (χ0n) is 19.2. The van der Waals surface area contributed by atoms with Gasteiger partial charge in [-0.1, -0.05) is 68.1 Å². The Balaban J connectivity index is 1.74. The van der Waals surface area contributed by atoms with Gasteiger partial charge in [0.05, 0.1) is 7.11 Å². The third-order valence-electron chi connectivity index (χ3n) is 5.53. The lowest BCUT2D eigenvalue weighted by Crippen LogP contribution is -2.27. The minimum atomic E-state index is 0.139. The SMILES string of the molecule is C=C[C@@H](Cc1ccc(OC)c(C)c1)NC(=C)/C=C/CCC(C)CC(S)c1ccccc1. The molecule has 3 heteroatoms. The highest BCUT2D eigenvalue weighted by molar-refractivity contribution is 7.80. The predicted octanol–water partition coefficient (Wildman–Crippen LogP) is 7.24. The van der Waals surface area contributed by atoms with E-state index in [-0.39, 0.29) is 6.04 Å². The Morgan fingerprint density at radius 3 is 2.58 bits per heavy atom. The van der Waals surface area contributed by atoms with Crippen molar-refractivity contribution in [3.05, 3.63) is 102 Å². The molecule has 0 fully saturated rings. The van der Waals surface area contributed by atoms with Crippen LogP contribution in [0.15, 0.2) is 85.6 Å². The van der Waals surface area contributed by atoms with Crippen molar-refractivity contribution in [2.45, 2.75) is 50.8 Å². The summed E-state index contributed by atoms with van der Waals surface area (Å²) in [4.78, 5) is 0. The molecule has 0 radical (unpaired) electrons. The first kappa shape index (κ1) is 24.9. The summed E-state index contributed by atoms with van der Waals surface area (Å²) in [6.07, 6.45) is 10.4. The Kier molecular flexibility index (Phi) is 10.5. The molecule has 0 amide bonds. The lowest BCUT2D eigenvalue weighted by atomic mass is 9.96. The molecule has 2 aromatic rings. The minimum Gasteiger partial charge on any atom is -0.496 e. The number of allylic oxidation sites excluding steroid dienone is 2. The van der Waals surface area contributed by atoms with Crippen LogP contribution in [0.5, 0.6) is 5.75 Å². The van der Waals surface area contributed by atoms with E-state index in [9.17, 15) is 0 Å². The number of hydrogen-bond donors (Lipinski definition) is 2. The Morgan fingerprint density at radius 1 is 1.19 bits per heavy atom. The van der Waals surface area contributed by atoms with Gasteiger partial charge in [0.2, 0.25) is 0 Å². The number of nitrogens with one attached hydrogen (secondary N) is 1. The zero-order chi connectivity index (χ0) is 22.6. The Labute approximate surface area is 194 Å². The van der Waals surface area contributed by atoms with Crippen LogP contribution in [-0.4, -0.2) is 13.2 Å². The Bertz CT molecular complexity index is 859. The quantitative estimate of drug-likeness (QED) is 0.197. The van der Waals surface area contributed by atoms with Gasteiger partial charge < -0.3 is 10.1 Å². The lowest BCUT2D eigenvalue weighted by molar-refractivity contribution is 0.411. The van der Waals surface area contributed by atoms with E-state index in [1.807, 2.05) is 18.2 Å². The number of thiol groups is 1. The number of rotatable bonds is 13. The highest BCUT2D eigenvalue weighted by Crippen LogP contribution is 2.29. The molecule has 0 saturated carbocycles. The van der Waals surface area contributed by atoms with Crippen LogP contribution in [0, 0.1) is 12.8 Å². The van der Waals surface area contributed by atoms with Crippen LogP contribution < -0.4 is 10.1 Å². The normalized spacial score (nSPS) is 14.1. The molecule has 0 aliphatic heterocycles. The molecule has 0 aromatic heterocycles. The van der Waals surface area contributed by atoms with E-state index in [0.29, 0.717) is 11.2 Å². The molecule has 3 atom stereocenters. The molecule has 1 N–H and O–H groups in total. The molecule has 166 valence electrons. The van der Waals surface area contributed by atoms with Gasteiger partial charge in [-0.3, -0.25) is 0 Å². The number of hydrogen-bond acceptors (Lipinski definition) is 3. The van der Waals surface area contributed by atoms with Crippen molar-refractivity contribution in [2.24, 2.45) is 5.92 Å². The fourth-order valence-electron chi connectivity index (χ4n) is 3.72. The van der Waals surface area contributed by atoms with Gasteiger partial charge in [0.15, 0.2) is 0 Å². The van der Waals surface area contributed by atoms with E-state index in [1.54, 1.807) is 7.11 Å². The largest absolute Gasteiger partial charge is 0.496 e. The van der Waals surface area contributed by atoms with Gasteiger partial charge >= 0.3 is 0 Å². The van der Waals surface area contributed by atoms with E-state index < -0.39 is 0 Å². The number of aryl methyl sites for hydroxylation is 1. The van der Waals surface area contributed by atoms with Gasteiger partial charge in [0, 0.05) is 17.0 Å². The zero-order valence-corrected chi connectivity index (χ0v) is 20.1. The fourth-order valence-corrected chi connectivity index (χ4v) is 4.25. The standard InChI is InChI=1S/C28H37NOS/c1-6-26(20-24-16-17-27(30-5)22(3)19-24)29-23(4)13-11-10-12-21(2)18-28(31)25-14-8-7-9-15-25/h6-9,11,13-17,19,21,26,28-29,31H,1,4,10,12,18,20H2,2-3,5H3/b13-11+/t21?,26-,28?/m0/s1. The van der Waals surface area contributed by atoms with E-state index >= 15 is 0 Å². The second-order valence-electron chi connectivity index (χ2n) is 8.27. The third-order valence-corrected chi connectivity index (χ3v) is 6.03. The first-order valence-electron chi connectivity index (χ1n) is 11.0. The van der Waals surface area contributed by atoms with Gasteiger partial charge in [-0.05, 0) is 67.4 Å². The van der Waals surface area contributed by atoms with Crippen LogP contribution in [0.25, 0.3) is 0 Å². The van der Waals surface area contributed by atoms with Crippen molar-refractivity contribution in [3.63, 3.8) is 0 Å². The van der Waals surface area contributed by atoms with E-state index in [0.717, 1.165) is 42.7 Å². The van der Waals surface area contributed by atoms with E-state index in [4.69, 9.17) is 17.4 Å². The highest BCUT2D eigenvalue weighted by atomic mass is 32.1. The summed E-state index contributed by atoms with van der Waals surface area (Å²) in [5.74, 6) is 1.54. The molecule has 2 rings (SSSR count). The maximum absolute atomic E-state index is 5.35. The molecule has 0 aliphatic carbocycles. The monoisotopic (exact) mass is 435 g/mol. The average Bonchev–Trinajstić information content (AvgIpc) is 2.77. The molecule has 0 bridgehead atoms. The van der Waals surface area contributed by atoms with Crippen LogP contribution in [0.1, 0.15) is 48.1 Å². The maximum Gasteiger partial charge on any atom is 0.121 e. The number of ether oxygens (including phenoxy) is 1. The average molecular weight is 436 g/mol. The second-order valence-corrected chi connectivity index (χ2v) is 8.89. The smallest absolute Gasteiger partial charge is 0.121 e. The maximum atomic E-state index is 5.35. The van der Waals surface area contributed by atoms with Crippen molar-refractivity contribution in [3.8, 4) is 5.75 Å². The van der Waals surface area contributed by atoms with E-state index in [2.05, 4.69) is 80.9 Å². The van der Waals surface area contributed by atoms with Crippen LogP contribution in [0.3, 0.4) is 0 Å². The van der Waals surface area contributed by atoms with Crippen molar-refractivity contribution in [1.82, 2.24) is 5.32 Å². The summed E-state index contributed by atoms with van der Waals surface area (Å²) in [5.41, 5.74) is 4.61. The molecule has 2 aromatic carbocycles. The topological polar surface area (TPSA) is 21.3 Å². The van der Waals surface area contributed by atoms with Crippen LogP contribution >= 0.6 is 12.6 Å². The van der Waals surface area contributed by atoms with Gasteiger partial charge in [-0.15, -0.1) is 6.58 Å². The van der Waals surface area contributed by atoms with Gasteiger partial charge in [0.1, 0.15) is 5.75 Å².